The van der Waals surface area contributed by atoms with Crippen molar-refractivity contribution in [3.8, 4) is 45.2 Å². The third-order valence-electron chi connectivity index (χ3n) is 9.03. The molecule has 0 unspecified atom stereocenters. The number of aromatic hydroxyl groups is 1. The van der Waals surface area contributed by atoms with E-state index in [-0.39, 0.29) is 32.2 Å². The molecule has 0 aliphatic rings. The van der Waals surface area contributed by atoms with Crippen molar-refractivity contribution in [2.45, 2.75) is 40.0 Å². The van der Waals surface area contributed by atoms with Crippen molar-refractivity contribution in [3.05, 3.63) is 132 Å². The first-order valence-electron chi connectivity index (χ1n) is 16.0. The Labute approximate surface area is 294 Å². The SMILES string of the molecule is Cc1cc(C)cc(-n2c(-c3cc(C(C)(C)C)cc4cc[n-]c34)nc3c(-c4cc(-c5ccccc5)c5cccc(O)c5n4)cccc32)c1.[Pt]. The number of hydrogen-bond donors (Lipinski definition) is 1. The molecule has 6 heteroatoms. The summed E-state index contributed by atoms with van der Waals surface area (Å²) in [5, 5.41) is 13.0. The van der Waals surface area contributed by atoms with E-state index in [9.17, 15) is 5.11 Å². The van der Waals surface area contributed by atoms with E-state index in [2.05, 4.69) is 112 Å². The van der Waals surface area contributed by atoms with Crippen LogP contribution in [0.25, 0.3) is 72.3 Å². The molecule has 48 heavy (non-hydrogen) atoms. The normalized spacial score (nSPS) is 11.8. The Morgan fingerprint density at radius 3 is 2.19 bits per heavy atom. The predicted molar refractivity (Wildman–Crippen MR) is 193 cm³/mol. The maximum atomic E-state index is 11.0. The van der Waals surface area contributed by atoms with Crippen molar-refractivity contribution >= 4 is 32.8 Å². The first kappa shape index (κ1) is 31.6. The molecule has 0 aliphatic heterocycles. The molecule has 240 valence electrons. The standard InChI is InChI=1S/C42H35N4O.Pt/c1-25-19-26(2)21-30(20-25)46-36-15-9-14-32(35-24-33(27-11-7-6-8-12-27)31-13-10-16-37(47)40(31)44-35)39(36)45-41(46)34-23-29(42(3,4)5)22-28-17-18-43-38(28)34;/h6-24H,1-5H3,(H-,43,44,45,47);/q-1;. The second kappa shape index (κ2) is 11.9. The van der Waals surface area contributed by atoms with Crippen LogP contribution in [0.3, 0.4) is 0 Å². The van der Waals surface area contributed by atoms with E-state index >= 15 is 0 Å². The van der Waals surface area contributed by atoms with Crippen LogP contribution in [-0.2, 0) is 26.5 Å². The first-order valence-corrected chi connectivity index (χ1v) is 16.0. The average molecular weight is 807 g/mol. The Hall–Kier alpha value is -4.99. The smallest absolute Gasteiger partial charge is 0.144 e. The van der Waals surface area contributed by atoms with Crippen molar-refractivity contribution in [1.29, 1.82) is 0 Å². The van der Waals surface area contributed by atoms with Gasteiger partial charge in [-0.3, -0.25) is 4.57 Å². The number of phenols is 1. The maximum Gasteiger partial charge on any atom is 0.144 e. The van der Waals surface area contributed by atoms with Crippen LogP contribution in [0.5, 0.6) is 5.75 Å². The molecule has 0 atom stereocenters. The number of aryl methyl sites for hydroxylation is 2. The number of hydrogen-bond acceptors (Lipinski definition) is 3. The summed E-state index contributed by atoms with van der Waals surface area (Å²) in [6, 6.07) is 37.5. The molecule has 3 heterocycles. The van der Waals surface area contributed by atoms with Gasteiger partial charge in [0, 0.05) is 43.3 Å². The summed E-state index contributed by atoms with van der Waals surface area (Å²) in [5.74, 6) is 0.984. The number of fused-ring (bicyclic) bond motifs is 3. The van der Waals surface area contributed by atoms with Crippen LogP contribution in [0.2, 0.25) is 0 Å². The molecule has 1 N–H and O–H groups in total. The largest absolute Gasteiger partial charge is 0.663 e. The summed E-state index contributed by atoms with van der Waals surface area (Å²) in [4.78, 5) is 15.4. The van der Waals surface area contributed by atoms with Gasteiger partial charge in [-0.15, -0.1) is 5.52 Å². The molecular formula is C42H35N4OPt-. The molecule has 0 radical (unpaired) electrons. The fourth-order valence-corrected chi connectivity index (χ4v) is 6.78. The van der Waals surface area contributed by atoms with E-state index in [0.29, 0.717) is 5.52 Å². The summed E-state index contributed by atoms with van der Waals surface area (Å²) < 4.78 is 2.27. The van der Waals surface area contributed by atoms with E-state index in [4.69, 9.17) is 15.0 Å². The van der Waals surface area contributed by atoms with Crippen molar-refractivity contribution in [2.24, 2.45) is 0 Å². The van der Waals surface area contributed by atoms with Crippen molar-refractivity contribution in [3.63, 3.8) is 0 Å². The van der Waals surface area contributed by atoms with Crippen LogP contribution >= 0.6 is 0 Å². The summed E-state index contributed by atoms with van der Waals surface area (Å²) in [7, 11) is 0. The Kier molecular flexibility index (Phi) is 7.84. The zero-order valence-corrected chi connectivity index (χ0v) is 29.8. The molecule has 0 saturated heterocycles. The number of pyridine rings is 1. The second-order valence-corrected chi connectivity index (χ2v) is 13.5. The topological polar surface area (TPSA) is 65.0 Å². The first-order chi connectivity index (χ1) is 22.7. The minimum Gasteiger partial charge on any atom is -0.663 e. The van der Waals surface area contributed by atoms with Crippen molar-refractivity contribution in [1.82, 2.24) is 19.5 Å². The van der Waals surface area contributed by atoms with Gasteiger partial charge in [0.15, 0.2) is 0 Å². The van der Waals surface area contributed by atoms with E-state index in [0.717, 1.165) is 66.8 Å². The molecule has 8 rings (SSSR count). The Morgan fingerprint density at radius 2 is 1.44 bits per heavy atom. The number of rotatable bonds is 4. The molecular weight excluding hydrogens is 772 g/mol. The third-order valence-corrected chi connectivity index (χ3v) is 9.03. The van der Waals surface area contributed by atoms with Gasteiger partial charge in [0.25, 0.3) is 0 Å². The summed E-state index contributed by atoms with van der Waals surface area (Å²) in [6.07, 6.45) is 1.88. The van der Waals surface area contributed by atoms with Crippen molar-refractivity contribution in [2.75, 3.05) is 0 Å². The molecule has 0 amide bonds. The summed E-state index contributed by atoms with van der Waals surface area (Å²) >= 11 is 0. The Bertz CT molecular complexity index is 2460. The molecule has 8 aromatic rings. The molecule has 5 aromatic carbocycles. The van der Waals surface area contributed by atoms with Crippen LogP contribution in [0.15, 0.2) is 115 Å². The zero-order chi connectivity index (χ0) is 32.4. The second-order valence-electron chi connectivity index (χ2n) is 13.5. The van der Waals surface area contributed by atoms with Gasteiger partial charge in [-0.25, -0.2) is 9.97 Å². The number of aromatic nitrogens is 4. The van der Waals surface area contributed by atoms with Gasteiger partial charge in [0.1, 0.15) is 17.1 Å². The molecule has 0 saturated carbocycles. The van der Waals surface area contributed by atoms with E-state index in [1.807, 2.05) is 36.5 Å². The average Bonchev–Trinajstić information content (AvgIpc) is 3.69. The molecule has 0 fully saturated rings. The zero-order valence-electron chi connectivity index (χ0n) is 27.5. The Balaban J connectivity index is 0.00000364. The molecule has 0 spiro atoms. The number of benzene rings is 5. The molecule has 0 aliphatic carbocycles. The van der Waals surface area contributed by atoms with Crippen LogP contribution in [0.4, 0.5) is 0 Å². The number of phenolic OH excluding ortho intramolecular Hbond substituents is 1. The van der Waals surface area contributed by atoms with E-state index in [1.54, 1.807) is 6.07 Å². The number of imidazole rings is 1. The monoisotopic (exact) mass is 806 g/mol. The number of nitrogens with zero attached hydrogens (tertiary/aromatic N) is 4. The summed E-state index contributed by atoms with van der Waals surface area (Å²) in [5.41, 5.74) is 12.6. The fourth-order valence-electron chi connectivity index (χ4n) is 6.78. The van der Waals surface area contributed by atoms with Crippen molar-refractivity contribution < 1.29 is 26.2 Å². The van der Waals surface area contributed by atoms with Gasteiger partial charge in [-0.1, -0.05) is 93.6 Å². The maximum absolute atomic E-state index is 11.0. The molecule has 3 aromatic heterocycles. The molecule has 0 bridgehead atoms. The van der Waals surface area contributed by atoms with Gasteiger partial charge in [-0.05, 0) is 88.9 Å². The van der Waals surface area contributed by atoms with E-state index in [1.165, 1.54) is 16.7 Å². The van der Waals surface area contributed by atoms with Gasteiger partial charge in [0.2, 0.25) is 0 Å². The quantitative estimate of drug-likeness (QED) is 0.192. The van der Waals surface area contributed by atoms with E-state index < -0.39 is 0 Å². The Morgan fingerprint density at radius 1 is 0.688 bits per heavy atom. The van der Waals surface area contributed by atoms with Crippen LogP contribution in [0, 0.1) is 13.8 Å². The summed E-state index contributed by atoms with van der Waals surface area (Å²) in [6.45, 7) is 11.0. The predicted octanol–water partition coefficient (Wildman–Crippen LogP) is 10.3. The van der Waals surface area contributed by atoms with Crippen LogP contribution < -0.4 is 4.98 Å². The molecule has 5 nitrogen and oxygen atoms in total. The number of para-hydroxylation sites is 2. The van der Waals surface area contributed by atoms with Crippen LogP contribution in [0.1, 0.15) is 37.5 Å². The third kappa shape index (κ3) is 5.33. The van der Waals surface area contributed by atoms with Gasteiger partial charge < -0.3 is 10.1 Å². The minimum absolute atomic E-state index is 0. The minimum atomic E-state index is -0.0625. The van der Waals surface area contributed by atoms with Crippen LogP contribution in [-0.4, -0.2) is 19.6 Å². The fraction of sp³-hybridized carbons (Fsp3) is 0.143. The van der Waals surface area contributed by atoms with Gasteiger partial charge in [-0.2, -0.15) is 6.20 Å². The van der Waals surface area contributed by atoms with Gasteiger partial charge in [0.05, 0.1) is 16.7 Å². The van der Waals surface area contributed by atoms with Gasteiger partial charge >= 0.3 is 0 Å².